The van der Waals surface area contributed by atoms with Crippen LogP contribution in [-0.2, 0) is 23.9 Å². The number of ether oxygens (including phenoxy) is 4. The number of benzene rings is 2. The van der Waals surface area contributed by atoms with Gasteiger partial charge in [-0.2, -0.15) is 5.10 Å². The maximum atomic E-state index is 14.4. The highest BCUT2D eigenvalue weighted by atomic mass is 35.5. The van der Waals surface area contributed by atoms with Gasteiger partial charge in [0.1, 0.15) is 40.7 Å². The van der Waals surface area contributed by atoms with E-state index in [1.807, 2.05) is 16.7 Å². The number of likely N-dealkylation sites (N-methyl/N-ethyl adjacent to an activating group) is 2. The molecular formula is C54H65ClF2N10O9S. The van der Waals surface area contributed by atoms with Crippen LogP contribution in [0.25, 0.3) is 11.3 Å². The summed E-state index contributed by atoms with van der Waals surface area (Å²) in [6.07, 6.45) is 10.2. The standard InChI is InChI=1S/C54H65ClF2N10O9S/c1-34(58-2)52(71)65(3)46(35-9-5-4-6-10-35)53(72)67-22-8-13-45(67)51-63-44(33-77-51)47(68)36-11-7-12-41(29-36)75-28-27-74-26-25-73-24-21-59-49(69)37-19-23-66(32-37)48-42(43-18-20-61-64-43)30-38(31-60-48)50(70)62-39-14-16-40(17-15-39)76-54(55,56)57/h7,11-12,14-18,20,29-31,33-35,37,45-46,58H,4-6,8-10,13,19,21-28,32H2,1-3H3,(H,59,69)(H,61,64)(H,62,70)/t34-,37?,45-,46-/m0/s1. The van der Waals surface area contributed by atoms with Crippen molar-refractivity contribution in [2.24, 2.45) is 11.8 Å². The summed E-state index contributed by atoms with van der Waals surface area (Å²) in [5, 5.41) is 18.1. The van der Waals surface area contributed by atoms with Crippen LogP contribution in [-0.4, -0.2) is 150 Å². The average Bonchev–Trinajstić information content (AvgIpc) is 4.31. The van der Waals surface area contributed by atoms with Crippen molar-refractivity contribution in [2.75, 3.05) is 83.5 Å². The van der Waals surface area contributed by atoms with Gasteiger partial charge in [-0.25, -0.2) is 9.97 Å². The van der Waals surface area contributed by atoms with E-state index in [0.29, 0.717) is 90.6 Å². The highest BCUT2D eigenvalue weighted by molar-refractivity contribution is 7.10. The van der Waals surface area contributed by atoms with Crippen molar-refractivity contribution in [1.29, 1.82) is 0 Å². The molecule has 3 fully saturated rings. The normalized spacial score (nSPS) is 17.7. The van der Waals surface area contributed by atoms with Crippen LogP contribution in [0.4, 0.5) is 20.3 Å². The Hall–Kier alpha value is -6.59. The van der Waals surface area contributed by atoms with Gasteiger partial charge >= 0.3 is 5.57 Å². The molecule has 8 rings (SSSR count). The minimum atomic E-state index is -3.86. The highest BCUT2D eigenvalue weighted by Crippen LogP contribution is 2.38. The number of ketones is 1. The van der Waals surface area contributed by atoms with Crippen LogP contribution in [0.1, 0.15) is 95.7 Å². The largest absolute Gasteiger partial charge is 0.491 e. The summed E-state index contributed by atoms with van der Waals surface area (Å²) in [7, 11) is 3.50. The molecule has 0 bridgehead atoms. The van der Waals surface area contributed by atoms with Gasteiger partial charge in [0.05, 0.1) is 55.7 Å². The number of rotatable bonds is 25. The smallest absolute Gasteiger partial charge is 0.487 e. The van der Waals surface area contributed by atoms with Gasteiger partial charge in [0, 0.05) is 79.4 Å². The maximum Gasteiger partial charge on any atom is 0.487 e. The third-order valence-electron chi connectivity index (χ3n) is 14.1. The molecule has 23 heteroatoms. The SMILES string of the molecule is CN[C@@H](C)C(=O)N(C)[C@H](C(=O)N1CCC[C@H]1c1nc(C(=O)c2cccc(OCCOCCOCCNC(=O)C3CCN(c4ncc(C(=O)Nc5ccc(OC(F)(F)Cl)cc5)cc4-c4ccn[nH]4)C3)c2)cs1)C1CCCCC1. The number of nitrogens with zero attached hydrogens (tertiary/aromatic N) is 6. The van der Waals surface area contributed by atoms with E-state index in [1.165, 1.54) is 41.8 Å². The summed E-state index contributed by atoms with van der Waals surface area (Å²) in [6, 6.07) is 14.4. The number of pyridine rings is 1. The van der Waals surface area contributed by atoms with E-state index in [0.717, 1.165) is 44.9 Å². The van der Waals surface area contributed by atoms with Crippen molar-refractivity contribution in [2.45, 2.75) is 82.0 Å². The molecular weight excluding hydrogens is 1040 g/mol. The first kappa shape index (κ1) is 56.6. The summed E-state index contributed by atoms with van der Waals surface area (Å²) >= 11 is 6.22. The van der Waals surface area contributed by atoms with E-state index in [1.54, 1.807) is 67.0 Å². The maximum absolute atomic E-state index is 14.4. The predicted octanol–water partition coefficient (Wildman–Crippen LogP) is 7.31. The van der Waals surface area contributed by atoms with Crippen molar-refractivity contribution in [1.82, 2.24) is 40.6 Å². The molecule has 4 N–H and O–H groups in total. The first-order valence-electron chi connectivity index (χ1n) is 26.0. The minimum Gasteiger partial charge on any atom is -0.491 e. The molecule has 2 aliphatic heterocycles. The summed E-state index contributed by atoms with van der Waals surface area (Å²) in [6.45, 7) is 5.07. The molecule has 4 amide bonds. The Morgan fingerprint density at radius 2 is 1.68 bits per heavy atom. The van der Waals surface area contributed by atoms with Gasteiger partial charge in [0.15, 0.2) is 0 Å². The van der Waals surface area contributed by atoms with Crippen LogP contribution in [0.5, 0.6) is 11.5 Å². The fourth-order valence-corrected chi connectivity index (χ4v) is 11.1. The second-order valence-corrected chi connectivity index (χ2v) is 20.6. The zero-order valence-corrected chi connectivity index (χ0v) is 44.9. The second-order valence-electron chi connectivity index (χ2n) is 19.3. The number of halogens is 3. The Balaban J connectivity index is 0.732. The Bertz CT molecular complexity index is 2800. The molecule has 2 saturated heterocycles. The molecule has 3 aliphatic rings. The topological polar surface area (TPSA) is 223 Å². The Labute approximate surface area is 454 Å². The van der Waals surface area contributed by atoms with Crippen LogP contribution >= 0.6 is 22.9 Å². The molecule has 19 nitrogen and oxygen atoms in total. The summed E-state index contributed by atoms with van der Waals surface area (Å²) < 4.78 is 47.6. The lowest BCUT2D eigenvalue weighted by atomic mass is 9.82. The second kappa shape index (κ2) is 26.6. The number of nitrogens with one attached hydrogen (secondary N) is 4. The molecule has 412 valence electrons. The number of hydrogen-bond donors (Lipinski definition) is 4. The molecule has 1 saturated carbocycles. The Kier molecular flexibility index (Phi) is 19.6. The van der Waals surface area contributed by atoms with E-state index >= 15 is 0 Å². The van der Waals surface area contributed by atoms with Crippen LogP contribution in [0.3, 0.4) is 0 Å². The van der Waals surface area contributed by atoms with Gasteiger partial charge in [0.2, 0.25) is 23.5 Å². The van der Waals surface area contributed by atoms with Crippen molar-refractivity contribution in [3.8, 4) is 22.8 Å². The molecule has 77 heavy (non-hydrogen) atoms. The lowest BCUT2D eigenvalue weighted by Crippen LogP contribution is -2.56. The van der Waals surface area contributed by atoms with Gasteiger partial charge in [-0.05, 0) is 101 Å². The number of alkyl halides is 3. The Morgan fingerprint density at radius 1 is 0.909 bits per heavy atom. The van der Waals surface area contributed by atoms with Crippen LogP contribution in [0.15, 0.2) is 78.4 Å². The highest BCUT2D eigenvalue weighted by Gasteiger charge is 2.43. The number of amides is 4. The van der Waals surface area contributed by atoms with Gasteiger partial charge in [-0.3, -0.25) is 29.1 Å². The molecule has 5 heterocycles. The van der Waals surface area contributed by atoms with E-state index < -0.39 is 23.6 Å². The molecule has 2 aromatic carbocycles. The fraction of sp³-hybridized carbons (Fsp3) is 0.481. The molecule has 4 atom stereocenters. The quantitative estimate of drug-likeness (QED) is 0.0256. The number of likely N-dealkylation sites (tertiary alicyclic amines) is 1. The van der Waals surface area contributed by atoms with Crippen molar-refractivity contribution >= 4 is 63.9 Å². The molecule has 1 aliphatic carbocycles. The van der Waals surface area contributed by atoms with Crippen LogP contribution < -0.4 is 30.3 Å². The summed E-state index contributed by atoms with van der Waals surface area (Å²) in [4.78, 5) is 82.8. The molecule has 5 aromatic rings. The van der Waals surface area contributed by atoms with E-state index in [-0.39, 0.29) is 72.5 Å². The van der Waals surface area contributed by atoms with Crippen LogP contribution in [0, 0.1) is 11.8 Å². The number of aromatic amines is 1. The lowest BCUT2D eigenvalue weighted by Gasteiger charge is -2.39. The van der Waals surface area contributed by atoms with Crippen molar-refractivity contribution in [3.05, 3.63) is 100 Å². The van der Waals surface area contributed by atoms with Gasteiger partial charge in [0.25, 0.3) is 5.91 Å². The molecule has 1 unspecified atom stereocenters. The monoisotopic (exact) mass is 1100 g/mol. The number of hydrogen-bond acceptors (Lipinski definition) is 15. The number of anilines is 2. The number of carbonyl (C=O) groups is 5. The molecule has 0 spiro atoms. The van der Waals surface area contributed by atoms with Gasteiger partial charge in [-0.1, -0.05) is 31.4 Å². The minimum absolute atomic E-state index is 0.0435. The third kappa shape index (κ3) is 14.9. The van der Waals surface area contributed by atoms with Gasteiger partial charge in [-0.15, -0.1) is 20.1 Å². The first-order chi connectivity index (χ1) is 37.2. The van der Waals surface area contributed by atoms with Gasteiger partial charge < -0.3 is 49.6 Å². The molecule has 3 aromatic heterocycles. The lowest BCUT2D eigenvalue weighted by molar-refractivity contribution is -0.148. The van der Waals surface area contributed by atoms with Crippen molar-refractivity contribution in [3.63, 3.8) is 0 Å². The van der Waals surface area contributed by atoms with E-state index in [4.69, 9.17) is 30.8 Å². The van der Waals surface area contributed by atoms with Crippen LogP contribution in [0.2, 0.25) is 0 Å². The van der Waals surface area contributed by atoms with Crippen molar-refractivity contribution < 1.29 is 51.7 Å². The first-order valence-corrected chi connectivity index (χ1v) is 27.3. The summed E-state index contributed by atoms with van der Waals surface area (Å²) in [5.41, 5.74) is -1.33. The predicted molar refractivity (Wildman–Crippen MR) is 285 cm³/mol. The third-order valence-corrected chi connectivity index (χ3v) is 15.2. The number of H-pyrrole nitrogens is 1. The zero-order chi connectivity index (χ0) is 54.5. The Morgan fingerprint density at radius 3 is 2.42 bits per heavy atom. The van der Waals surface area contributed by atoms with E-state index in [2.05, 4.69) is 35.9 Å². The molecule has 0 radical (unpaired) electrons. The summed E-state index contributed by atoms with van der Waals surface area (Å²) in [5.74, 6) is -0.299. The number of thiazole rings is 1. The number of aromatic nitrogens is 4. The van der Waals surface area contributed by atoms with E-state index in [9.17, 15) is 32.8 Å². The number of carbonyl (C=O) groups excluding carboxylic acids is 5. The average molecular weight is 1100 g/mol. The zero-order valence-electron chi connectivity index (χ0n) is 43.3. The fourth-order valence-electron chi connectivity index (χ4n) is 10.1.